The number of carbonyl (C=O) groups is 1. The van der Waals surface area contributed by atoms with Crippen molar-refractivity contribution in [2.24, 2.45) is 5.92 Å². The molecule has 2 aromatic heterocycles. The lowest BCUT2D eigenvalue weighted by Crippen LogP contribution is -2.33. The molecule has 1 aliphatic rings. The number of amides is 1. The quantitative estimate of drug-likeness (QED) is 0.802. The first kappa shape index (κ1) is 16.3. The molecule has 1 aliphatic heterocycles. The molecule has 3 rings (SSSR count). The Labute approximate surface area is 138 Å². The van der Waals surface area contributed by atoms with E-state index in [1.165, 1.54) is 6.20 Å². The molecule has 126 valence electrons. The van der Waals surface area contributed by atoms with Crippen LogP contribution in [-0.4, -0.2) is 47.3 Å². The largest absolute Gasteiger partial charge is 0.352 e. The van der Waals surface area contributed by atoms with Crippen molar-refractivity contribution in [1.29, 1.82) is 0 Å². The molecule has 3 heterocycles. The molecule has 1 amide bonds. The van der Waals surface area contributed by atoms with Crippen molar-refractivity contribution in [3.63, 3.8) is 0 Å². The number of nitrogens with one attached hydrogen (secondary N) is 2. The van der Waals surface area contributed by atoms with Crippen LogP contribution >= 0.6 is 0 Å². The van der Waals surface area contributed by atoms with E-state index >= 15 is 0 Å². The molecule has 0 spiro atoms. The molecular formula is C15H16N4O4S. The zero-order valence-electron chi connectivity index (χ0n) is 12.7. The van der Waals surface area contributed by atoms with Crippen LogP contribution in [0.3, 0.4) is 0 Å². The molecule has 0 bridgehead atoms. The Morgan fingerprint density at radius 1 is 1.38 bits per heavy atom. The van der Waals surface area contributed by atoms with E-state index in [2.05, 4.69) is 20.3 Å². The number of carbonyl (C=O) groups excluding carboxylic acids is 1. The van der Waals surface area contributed by atoms with Gasteiger partial charge in [-0.3, -0.25) is 14.6 Å². The smallest absolute Gasteiger partial charge is 0.264 e. The molecule has 0 aliphatic carbocycles. The van der Waals surface area contributed by atoms with E-state index < -0.39 is 21.3 Å². The van der Waals surface area contributed by atoms with Gasteiger partial charge in [0.05, 0.1) is 11.5 Å². The van der Waals surface area contributed by atoms with Gasteiger partial charge in [0.2, 0.25) is 0 Å². The SMILES string of the molecule is O=C(NC[C@@H]1CCS(=O)(=O)C1)c1cnc(-c2cccnc2)[nH]c1=O. The van der Waals surface area contributed by atoms with Gasteiger partial charge in [0.15, 0.2) is 9.84 Å². The molecule has 1 saturated heterocycles. The van der Waals surface area contributed by atoms with Crippen molar-refractivity contribution in [2.75, 3.05) is 18.1 Å². The first-order chi connectivity index (χ1) is 11.4. The number of aromatic nitrogens is 3. The number of pyridine rings is 1. The maximum absolute atomic E-state index is 12.1. The van der Waals surface area contributed by atoms with Gasteiger partial charge in [0.1, 0.15) is 11.4 Å². The van der Waals surface area contributed by atoms with Gasteiger partial charge in [-0.2, -0.15) is 0 Å². The zero-order chi connectivity index (χ0) is 17.2. The van der Waals surface area contributed by atoms with Crippen molar-refractivity contribution in [3.05, 3.63) is 46.6 Å². The fraction of sp³-hybridized carbons (Fsp3) is 0.333. The molecule has 0 unspecified atom stereocenters. The predicted molar refractivity (Wildman–Crippen MR) is 87.2 cm³/mol. The van der Waals surface area contributed by atoms with E-state index in [1.54, 1.807) is 24.5 Å². The van der Waals surface area contributed by atoms with Crippen LogP contribution in [0.4, 0.5) is 0 Å². The van der Waals surface area contributed by atoms with Crippen LogP contribution in [0.2, 0.25) is 0 Å². The second kappa shape index (κ2) is 6.52. The van der Waals surface area contributed by atoms with Gasteiger partial charge in [-0.05, 0) is 24.5 Å². The standard InChI is InChI=1S/C15H16N4O4S/c20-14(18-6-10-3-5-24(22,23)9-10)12-8-17-13(19-15(12)21)11-2-1-4-16-7-11/h1-2,4,7-8,10H,3,5-6,9H2,(H,18,20)(H,17,19,21)/t10-/m0/s1. The highest BCUT2D eigenvalue weighted by Crippen LogP contribution is 2.17. The number of aromatic amines is 1. The van der Waals surface area contributed by atoms with E-state index in [0.29, 0.717) is 17.8 Å². The average molecular weight is 348 g/mol. The molecule has 2 N–H and O–H groups in total. The van der Waals surface area contributed by atoms with Gasteiger partial charge in [-0.15, -0.1) is 0 Å². The van der Waals surface area contributed by atoms with Crippen molar-refractivity contribution < 1.29 is 13.2 Å². The summed E-state index contributed by atoms with van der Waals surface area (Å²) in [5, 5.41) is 2.60. The van der Waals surface area contributed by atoms with Crippen molar-refractivity contribution in [2.45, 2.75) is 6.42 Å². The number of sulfone groups is 1. The van der Waals surface area contributed by atoms with Gasteiger partial charge in [0.25, 0.3) is 11.5 Å². The van der Waals surface area contributed by atoms with Crippen LogP contribution in [-0.2, 0) is 9.84 Å². The van der Waals surface area contributed by atoms with Crippen LogP contribution in [0.1, 0.15) is 16.8 Å². The van der Waals surface area contributed by atoms with E-state index in [0.717, 1.165) is 0 Å². The molecule has 8 nitrogen and oxygen atoms in total. The van der Waals surface area contributed by atoms with Gasteiger partial charge >= 0.3 is 0 Å². The van der Waals surface area contributed by atoms with Crippen LogP contribution in [0, 0.1) is 5.92 Å². The Bertz CT molecular complexity index is 909. The summed E-state index contributed by atoms with van der Waals surface area (Å²) in [5.74, 6) is -0.130. The number of rotatable bonds is 4. The summed E-state index contributed by atoms with van der Waals surface area (Å²) in [7, 11) is -2.99. The van der Waals surface area contributed by atoms with Crippen molar-refractivity contribution in [3.8, 4) is 11.4 Å². The molecular weight excluding hydrogens is 332 g/mol. The number of H-pyrrole nitrogens is 1. The molecule has 2 aromatic rings. The normalized spacial score (nSPS) is 19.1. The summed E-state index contributed by atoms with van der Waals surface area (Å²) in [6, 6.07) is 3.46. The third-order valence-corrected chi connectivity index (χ3v) is 5.69. The summed E-state index contributed by atoms with van der Waals surface area (Å²) in [6.45, 7) is 0.224. The minimum Gasteiger partial charge on any atom is -0.352 e. The Hall–Kier alpha value is -2.55. The first-order valence-electron chi connectivity index (χ1n) is 7.43. The van der Waals surface area contributed by atoms with E-state index in [-0.39, 0.29) is 29.5 Å². The van der Waals surface area contributed by atoms with Gasteiger partial charge < -0.3 is 10.3 Å². The number of hydrogen-bond acceptors (Lipinski definition) is 6. The zero-order valence-corrected chi connectivity index (χ0v) is 13.5. The second-order valence-electron chi connectivity index (χ2n) is 5.70. The third-order valence-electron chi connectivity index (χ3n) is 3.86. The van der Waals surface area contributed by atoms with E-state index in [9.17, 15) is 18.0 Å². The lowest BCUT2D eigenvalue weighted by molar-refractivity contribution is 0.0946. The van der Waals surface area contributed by atoms with Crippen LogP contribution < -0.4 is 10.9 Å². The highest BCUT2D eigenvalue weighted by Gasteiger charge is 2.28. The highest BCUT2D eigenvalue weighted by molar-refractivity contribution is 7.91. The van der Waals surface area contributed by atoms with Crippen molar-refractivity contribution in [1.82, 2.24) is 20.3 Å². The molecule has 0 aromatic carbocycles. The summed E-state index contributed by atoms with van der Waals surface area (Å²) >= 11 is 0. The topological polar surface area (TPSA) is 122 Å². The average Bonchev–Trinajstić information content (AvgIpc) is 2.92. The molecule has 1 fully saturated rings. The molecule has 24 heavy (non-hydrogen) atoms. The number of hydrogen-bond donors (Lipinski definition) is 2. The first-order valence-corrected chi connectivity index (χ1v) is 9.25. The maximum Gasteiger partial charge on any atom is 0.264 e. The third kappa shape index (κ3) is 3.67. The minimum absolute atomic E-state index is 0.0713. The lowest BCUT2D eigenvalue weighted by atomic mass is 10.1. The van der Waals surface area contributed by atoms with Crippen LogP contribution in [0.5, 0.6) is 0 Å². The number of nitrogens with zero attached hydrogens (tertiary/aromatic N) is 2. The van der Waals surface area contributed by atoms with E-state index in [4.69, 9.17) is 0 Å². The van der Waals surface area contributed by atoms with Gasteiger partial charge in [0, 0.05) is 30.7 Å². The monoisotopic (exact) mass is 348 g/mol. The lowest BCUT2D eigenvalue weighted by Gasteiger charge is -2.09. The summed E-state index contributed by atoms with van der Waals surface area (Å²) in [6.07, 6.45) is 4.89. The van der Waals surface area contributed by atoms with Crippen molar-refractivity contribution >= 4 is 15.7 Å². The minimum atomic E-state index is -2.99. The van der Waals surface area contributed by atoms with Crippen LogP contribution in [0.25, 0.3) is 11.4 Å². The molecule has 0 radical (unpaired) electrons. The second-order valence-corrected chi connectivity index (χ2v) is 7.92. The van der Waals surface area contributed by atoms with Gasteiger partial charge in [-0.25, -0.2) is 13.4 Å². The van der Waals surface area contributed by atoms with E-state index in [1.807, 2.05) is 0 Å². The predicted octanol–water partition coefficient (Wildman–Crippen LogP) is -0.00360. The Morgan fingerprint density at radius 3 is 2.83 bits per heavy atom. The Morgan fingerprint density at radius 2 is 2.21 bits per heavy atom. The fourth-order valence-corrected chi connectivity index (χ4v) is 4.43. The fourth-order valence-electron chi connectivity index (χ4n) is 2.57. The maximum atomic E-state index is 12.1. The Kier molecular flexibility index (Phi) is 4.43. The highest BCUT2D eigenvalue weighted by atomic mass is 32.2. The Balaban J connectivity index is 1.69. The van der Waals surface area contributed by atoms with Gasteiger partial charge in [-0.1, -0.05) is 0 Å². The summed E-state index contributed by atoms with van der Waals surface area (Å²) < 4.78 is 22.8. The summed E-state index contributed by atoms with van der Waals surface area (Å²) in [5.41, 5.74) is -0.0263. The molecule has 1 atom stereocenters. The molecule has 9 heteroatoms. The van der Waals surface area contributed by atoms with Crippen LogP contribution in [0.15, 0.2) is 35.5 Å². The molecule has 0 saturated carbocycles. The summed E-state index contributed by atoms with van der Waals surface area (Å²) in [4.78, 5) is 34.8.